The Hall–Kier alpha value is -3.20. The largest absolute Gasteiger partial charge is 0.418 e. The third-order valence-electron chi connectivity index (χ3n) is 5.86. The van der Waals surface area contributed by atoms with Crippen LogP contribution in [0, 0.1) is 0 Å². The molecule has 3 aromatic rings. The molecule has 0 spiro atoms. The second kappa shape index (κ2) is 11.5. The van der Waals surface area contributed by atoms with Crippen LogP contribution in [0.5, 0.6) is 0 Å². The number of Topliss-reactive ketones (excluding diaryl/α,β-unsaturated/α-hetero) is 1. The molecule has 4 N–H and O–H groups in total. The number of ketones is 1. The molecule has 14 heteroatoms. The third-order valence-corrected chi connectivity index (χ3v) is 6.75. The number of hydrogen-bond donors (Lipinski definition) is 3. The van der Waals surface area contributed by atoms with E-state index >= 15 is 0 Å². The van der Waals surface area contributed by atoms with Crippen LogP contribution < -0.4 is 10.5 Å². The predicted octanol–water partition coefficient (Wildman–Crippen LogP) is 3.11. The van der Waals surface area contributed by atoms with Crippen molar-refractivity contribution in [1.82, 2.24) is 24.2 Å². The highest BCUT2D eigenvalue weighted by molar-refractivity contribution is 7.86. The summed E-state index contributed by atoms with van der Waals surface area (Å²) in [5, 5.41) is 10.9. The number of rotatable bonds is 10. The van der Waals surface area contributed by atoms with Crippen molar-refractivity contribution < 1.29 is 32.0 Å². The number of alkyl halides is 3. The van der Waals surface area contributed by atoms with E-state index < -0.39 is 34.6 Å². The smallest absolute Gasteiger partial charge is 0.382 e. The summed E-state index contributed by atoms with van der Waals surface area (Å²) in [6, 6.07) is 5.09. The van der Waals surface area contributed by atoms with Crippen LogP contribution in [0.3, 0.4) is 0 Å². The van der Waals surface area contributed by atoms with Gasteiger partial charge < -0.3 is 15.6 Å². The molecule has 1 aliphatic heterocycles. The van der Waals surface area contributed by atoms with Crippen molar-refractivity contribution in [3.63, 3.8) is 0 Å². The fraction of sp³-hybridized carbons (Fsp3) is 0.391. The SMILES string of the molecule is Nc1ncnc2c1ncn2C1CCC(CNS(=O)/C=C/CCC(=O)c2ccccc2C(O)C(F)(F)F)O1. The highest BCUT2D eigenvalue weighted by atomic mass is 32.2. The maximum Gasteiger partial charge on any atom is 0.418 e. The quantitative estimate of drug-likeness (QED) is 0.334. The normalized spacial score (nSPS) is 20.0. The number of aliphatic hydroxyl groups excluding tert-OH is 1. The number of nitrogens with two attached hydrogens (primary N) is 1. The first-order chi connectivity index (χ1) is 17.6. The minimum atomic E-state index is -4.88. The first-order valence-corrected chi connectivity index (χ1v) is 12.6. The molecule has 1 fully saturated rings. The number of ether oxygens (including phenoxy) is 1. The highest BCUT2D eigenvalue weighted by Gasteiger charge is 2.41. The molecule has 0 aliphatic carbocycles. The Kier molecular flexibility index (Phi) is 8.32. The van der Waals surface area contributed by atoms with Gasteiger partial charge in [0, 0.05) is 29.5 Å². The van der Waals surface area contributed by atoms with E-state index in [-0.39, 0.29) is 36.6 Å². The number of nitrogens with one attached hydrogen (secondary N) is 1. The van der Waals surface area contributed by atoms with Crippen LogP contribution in [0.25, 0.3) is 11.2 Å². The number of fused-ring (bicyclic) bond motifs is 1. The summed E-state index contributed by atoms with van der Waals surface area (Å²) in [6.45, 7) is 0.318. The van der Waals surface area contributed by atoms with Crippen LogP contribution in [-0.4, -0.2) is 53.4 Å². The van der Waals surface area contributed by atoms with E-state index in [0.29, 0.717) is 24.1 Å². The van der Waals surface area contributed by atoms with Crippen molar-refractivity contribution in [3.05, 3.63) is 59.5 Å². The number of allylic oxidation sites excluding steroid dienone is 1. The molecule has 10 nitrogen and oxygen atoms in total. The molecule has 4 atom stereocenters. The molecule has 1 aromatic carbocycles. The number of benzene rings is 1. The number of halogens is 3. The summed E-state index contributed by atoms with van der Waals surface area (Å²) in [4.78, 5) is 24.8. The number of carbonyl (C=O) groups is 1. The summed E-state index contributed by atoms with van der Waals surface area (Å²) in [6.07, 6.45) is -2.14. The molecular formula is C23H25F3N6O4S. The molecule has 0 radical (unpaired) electrons. The van der Waals surface area contributed by atoms with E-state index in [1.165, 1.54) is 36.0 Å². The molecule has 37 heavy (non-hydrogen) atoms. The molecule has 4 unspecified atom stereocenters. The second-order valence-electron chi connectivity index (χ2n) is 8.38. The average Bonchev–Trinajstić information content (AvgIpc) is 3.52. The first-order valence-electron chi connectivity index (χ1n) is 11.4. The van der Waals surface area contributed by atoms with Gasteiger partial charge in [-0.1, -0.05) is 30.3 Å². The van der Waals surface area contributed by atoms with Crippen LogP contribution >= 0.6 is 0 Å². The highest BCUT2D eigenvalue weighted by Crippen LogP contribution is 2.34. The number of aliphatic hydroxyl groups is 1. The Morgan fingerprint density at radius 1 is 1.30 bits per heavy atom. The summed E-state index contributed by atoms with van der Waals surface area (Å²) in [7, 11) is -1.54. The fourth-order valence-electron chi connectivity index (χ4n) is 4.02. The molecule has 2 aromatic heterocycles. The van der Waals surface area contributed by atoms with Crippen molar-refractivity contribution in [2.45, 2.75) is 50.3 Å². The number of nitrogen functional groups attached to an aromatic ring is 1. The molecule has 0 amide bonds. The lowest BCUT2D eigenvalue weighted by molar-refractivity contribution is -0.206. The van der Waals surface area contributed by atoms with Gasteiger partial charge in [0.15, 0.2) is 23.4 Å². The zero-order valence-corrected chi connectivity index (χ0v) is 20.3. The third kappa shape index (κ3) is 6.39. The Bertz CT molecular complexity index is 1320. The van der Waals surface area contributed by atoms with Crippen molar-refractivity contribution in [3.8, 4) is 0 Å². The number of imidazole rings is 1. The fourth-order valence-corrected chi connectivity index (χ4v) is 4.77. The van der Waals surface area contributed by atoms with Crippen LogP contribution in [0.2, 0.25) is 0 Å². The standard InChI is InChI=1S/C23H25F3N6O4S/c24-23(25,26)20(34)16-6-2-1-5-15(16)17(33)7-3-4-10-37(35)31-11-14-8-9-18(36-14)32-13-30-19-21(27)28-12-29-22(19)32/h1-2,4-6,10,12-14,18,20,31,34H,3,7-9,11H2,(H2,27,28,29)/b10-4+. The van der Waals surface area contributed by atoms with E-state index in [4.69, 9.17) is 10.5 Å². The van der Waals surface area contributed by atoms with Gasteiger partial charge in [-0.05, 0) is 19.3 Å². The lowest BCUT2D eigenvalue weighted by atomic mass is 9.96. The van der Waals surface area contributed by atoms with Crippen LogP contribution in [0.4, 0.5) is 19.0 Å². The van der Waals surface area contributed by atoms with Gasteiger partial charge in [-0.15, -0.1) is 0 Å². The Labute approximate surface area is 212 Å². The number of carbonyl (C=O) groups excluding carboxylic acids is 1. The topological polar surface area (TPSA) is 145 Å². The molecule has 198 valence electrons. The van der Waals surface area contributed by atoms with Gasteiger partial charge in [0.25, 0.3) is 0 Å². The van der Waals surface area contributed by atoms with E-state index in [1.807, 2.05) is 0 Å². The monoisotopic (exact) mass is 538 g/mol. The first kappa shape index (κ1) is 26.9. The van der Waals surface area contributed by atoms with Gasteiger partial charge in [0.05, 0.1) is 12.4 Å². The molecular weight excluding hydrogens is 513 g/mol. The van der Waals surface area contributed by atoms with Gasteiger partial charge in [-0.25, -0.2) is 23.9 Å². The minimum absolute atomic E-state index is 0.102. The number of anilines is 1. The van der Waals surface area contributed by atoms with Gasteiger partial charge >= 0.3 is 6.18 Å². The van der Waals surface area contributed by atoms with Crippen LogP contribution in [-0.2, 0) is 15.7 Å². The average molecular weight is 539 g/mol. The molecule has 0 saturated carbocycles. The predicted molar refractivity (Wildman–Crippen MR) is 129 cm³/mol. The van der Waals surface area contributed by atoms with Crippen molar-refractivity contribution in [1.29, 1.82) is 0 Å². The van der Waals surface area contributed by atoms with Gasteiger partial charge in [-0.3, -0.25) is 9.36 Å². The second-order valence-corrected chi connectivity index (χ2v) is 9.54. The van der Waals surface area contributed by atoms with E-state index in [9.17, 15) is 27.3 Å². The Morgan fingerprint density at radius 2 is 2.08 bits per heavy atom. The molecule has 1 aliphatic rings. The summed E-state index contributed by atoms with van der Waals surface area (Å²) >= 11 is 0. The van der Waals surface area contributed by atoms with Crippen LogP contribution in [0.1, 0.15) is 53.9 Å². The van der Waals surface area contributed by atoms with E-state index in [2.05, 4.69) is 19.7 Å². The van der Waals surface area contributed by atoms with Gasteiger partial charge in [0.1, 0.15) is 29.1 Å². The molecule has 4 rings (SSSR count). The van der Waals surface area contributed by atoms with Crippen LogP contribution in [0.15, 0.2) is 48.4 Å². The maximum atomic E-state index is 12.9. The molecule has 1 saturated heterocycles. The Balaban J connectivity index is 1.23. The summed E-state index contributed by atoms with van der Waals surface area (Å²) in [5.74, 6) is -0.265. The van der Waals surface area contributed by atoms with E-state index in [0.717, 1.165) is 12.5 Å². The number of hydrogen-bond acceptors (Lipinski definition) is 8. The van der Waals surface area contributed by atoms with Crippen molar-refractivity contribution >= 4 is 33.8 Å². The summed E-state index contributed by atoms with van der Waals surface area (Å²) < 4.78 is 61.6. The van der Waals surface area contributed by atoms with E-state index in [1.54, 1.807) is 10.9 Å². The number of nitrogens with zero attached hydrogens (tertiary/aromatic N) is 4. The zero-order chi connectivity index (χ0) is 26.6. The maximum absolute atomic E-state index is 12.9. The van der Waals surface area contributed by atoms with Gasteiger partial charge in [0.2, 0.25) is 0 Å². The lowest BCUT2D eigenvalue weighted by Crippen LogP contribution is -2.27. The number of aromatic nitrogens is 4. The van der Waals surface area contributed by atoms with Crippen molar-refractivity contribution in [2.75, 3.05) is 12.3 Å². The molecule has 3 heterocycles. The zero-order valence-electron chi connectivity index (χ0n) is 19.5. The van der Waals surface area contributed by atoms with Crippen molar-refractivity contribution in [2.24, 2.45) is 0 Å². The Morgan fingerprint density at radius 3 is 2.86 bits per heavy atom. The summed E-state index contributed by atoms with van der Waals surface area (Å²) in [5.41, 5.74) is 6.22. The lowest BCUT2D eigenvalue weighted by Gasteiger charge is -2.17. The minimum Gasteiger partial charge on any atom is -0.382 e. The van der Waals surface area contributed by atoms with Gasteiger partial charge in [-0.2, -0.15) is 13.2 Å². The molecule has 0 bridgehead atoms.